The zero-order valence-electron chi connectivity index (χ0n) is 16.3. The van der Waals surface area contributed by atoms with Gasteiger partial charge in [-0.15, -0.1) is 0 Å². The van der Waals surface area contributed by atoms with Crippen molar-refractivity contribution in [2.24, 2.45) is 0 Å². The second-order valence-corrected chi connectivity index (χ2v) is 6.45. The third-order valence-electron chi connectivity index (χ3n) is 4.65. The van der Waals surface area contributed by atoms with E-state index in [0.29, 0.717) is 34.0 Å². The van der Waals surface area contributed by atoms with E-state index in [9.17, 15) is 9.59 Å². The molecular weight excluding hydrogens is 358 g/mol. The average Bonchev–Trinajstić information content (AvgIpc) is 2.68. The lowest BCUT2D eigenvalue weighted by molar-refractivity contribution is -0.113. The van der Waals surface area contributed by atoms with Crippen molar-refractivity contribution in [3.63, 3.8) is 0 Å². The lowest BCUT2D eigenvalue weighted by Crippen LogP contribution is -2.46. The van der Waals surface area contributed by atoms with Crippen molar-refractivity contribution in [1.82, 2.24) is 10.6 Å². The van der Waals surface area contributed by atoms with Crippen LogP contribution in [0.3, 0.4) is 0 Å². The van der Waals surface area contributed by atoms with Gasteiger partial charge in [-0.25, -0.2) is 4.79 Å². The van der Waals surface area contributed by atoms with Crippen LogP contribution in [0.1, 0.15) is 24.1 Å². The number of anilines is 1. The number of hydrogen-bond donors (Lipinski definition) is 3. The van der Waals surface area contributed by atoms with Crippen LogP contribution in [-0.4, -0.2) is 26.2 Å². The zero-order chi connectivity index (χ0) is 20.3. The van der Waals surface area contributed by atoms with Gasteiger partial charge >= 0.3 is 6.03 Å². The first-order valence-electron chi connectivity index (χ1n) is 8.81. The monoisotopic (exact) mass is 381 g/mol. The summed E-state index contributed by atoms with van der Waals surface area (Å²) in [6.45, 7) is 3.62. The van der Waals surface area contributed by atoms with Gasteiger partial charge in [0.25, 0.3) is 5.91 Å². The molecule has 1 aliphatic heterocycles. The van der Waals surface area contributed by atoms with Gasteiger partial charge in [0.2, 0.25) is 0 Å². The zero-order valence-corrected chi connectivity index (χ0v) is 16.3. The van der Waals surface area contributed by atoms with Crippen LogP contribution in [0.5, 0.6) is 11.5 Å². The van der Waals surface area contributed by atoms with E-state index in [1.807, 2.05) is 31.2 Å². The highest BCUT2D eigenvalue weighted by Crippen LogP contribution is 2.36. The van der Waals surface area contributed by atoms with E-state index in [4.69, 9.17) is 9.47 Å². The summed E-state index contributed by atoms with van der Waals surface area (Å²) < 4.78 is 10.8. The molecule has 1 heterocycles. The molecule has 146 valence electrons. The molecule has 0 bridgehead atoms. The van der Waals surface area contributed by atoms with Crippen molar-refractivity contribution in [1.29, 1.82) is 0 Å². The van der Waals surface area contributed by atoms with E-state index in [2.05, 4.69) is 16.0 Å². The maximum absolute atomic E-state index is 13.1. The molecule has 0 radical (unpaired) electrons. The minimum Gasteiger partial charge on any atom is -0.497 e. The Kier molecular flexibility index (Phi) is 5.54. The molecule has 0 saturated carbocycles. The fraction of sp³-hybridized carbons (Fsp3) is 0.238. The molecule has 0 fully saturated rings. The first-order valence-corrected chi connectivity index (χ1v) is 8.81. The molecule has 3 amide bonds. The topological polar surface area (TPSA) is 88.7 Å². The Morgan fingerprint density at radius 3 is 2.50 bits per heavy atom. The van der Waals surface area contributed by atoms with Gasteiger partial charge in [0, 0.05) is 16.9 Å². The van der Waals surface area contributed by atoms with Crippen LogP contribution < -0.4 is 25.4 Å². The van der Waals surface area contributed by atoms with Crippen LogP contribution in [0.2, 0.25) is 0 Å². The molecule has 0 aromatic heterocycles. The fourth-order valence-corrected chi connectivity index (χ4v) is 3.20. The molecule has 28 heavy (non-hydrogen) atoms. The van der Waals surface area contributed by atoms with Crippen molar-refractivity contribution >= 4 is 17.6 Å². The van der Waals surface area contributed by atoms with Crippen LogP contribution in [-0.2, 0) is 4.79 Å². The Morgan fingerprint density at radius 2 is 1.82 bits per heavy atom. The SMILES string of the molecule is COc1ccc(OC)c([C@H]2NC(=O)NC(C)=C2C(=O)Nc2ccccc2C)c1. The van der Waals surface area contributed by atoms with Gasteiger partial charge in [-0.1, -0.05) is 18.2 Å². The van der Waals surface area contributed by atoms with E-state index < -0.39 is 6.04 Å². The molecule has 3 N–H and O–H groups in total. The van der Waals surface area contributed by atoms with Gasteiger partial charge in [-0.2, -0.15) is 0 Å². The van der Waals surface area contributed by atoms with Crippen molar-refractivity contribution < 1.29 is 19.1 Å². The van der Waals surface area contributed by atoms with Gasteiger partial charge in [-0.3, -0.25) is 4.79 Å². The predicted octanol–water partition coefficient (Wildman–Crippen LogP) is 3.28. The number of rotatable bonds is 5. The number of aryl methyl sites for hydroxylation is 1. The number of benzene rings is 2. The van der Waals surface area contributed by atoms with E-state index >= 15 is 0 Å². The molecule has 1 aliphatic rings. The number of ether oxygens (including phenoxy) is 2. The summed E-state index contributed by atoms with van der Waals surface area (Å²) in [5.41, 5.74) is 3.16. The number of nitrogens with one attached hydrogen (secondary N) is 3. The summed E-state index contributed by atoms with van der Waals surface area (Å²) in [7, 11) is 3.09. The maximum atomic E-state index is 13.1. The van der Waals surface area contributed by atoms with Crippen molar-refractivity contribution in [2.45, 2.75) is 19.9 Å². The minimum atomic E-state index is -0.692. The van der Waals surface area contributed by atoms with Crippen LogP contribution >= 0.6 is 0 Å². The molecule has 3 rings (SSSR count). The Bertz CT molecular complexity index is 952. The number of methoxy groups -OCH3 is 2. The van der Waals surface area contributed by atoms with Gasteiger partial charge < -0.3 is 25.4 Å². The van der Waals surface area contributed by atoms with Crippen molar-refractivity contribution in [3.05, 3.63) is 64.9 Å². The number of para-hydroxylation sites is 1. The number of urea groups is 1. The van der Waals surface area contributed by atoms with E-state index in [1.165, 1.54) is 7.11 Å². The first kappa shape index (κ1) is 19.3. The lowest BCUT2D eigenvalue weighted by atomic mass is 9.93. The van der Waals surface area contributed by atoms with Crippen molar-refractivity contribution in [2.75, 3.05) is 19.5 Å². The third kappa shape index (κ3) is 3.78. The molecular formula is C21H23N3O4. The lowest BCUT2D eigenvalue weighted by Gasteiger charge is -2.30. The highest BCUT2D eigenvalue weighted by Gasteiger charge is 2.33. The number of carbonyl (C=O) groups excluding carboxylic acids is 2. The van der Waals surface area contributed by atoms with E-state index in [-0.39, 0.29) is 11.9 Å². The molecule has 2 aromatic carbocycles. The van der Waals surface area contributed by atoms with Gasteiger partial charge in [0.1, 0.15) is 11.5 Å². The highest BCUT2D eigenvalue weighted by atomic mass is 16.5. The normalized spacial score (nSPS) is 16.1. The number of hydrogen-bond acceptors (Lipinski definition) is 4. The van der Waals surface area contributed by atoms with E-state index in [0.717, 1.165) is 5.56 Å². The van der Waals surface area contributed by atoms with Gasteiger partial charge in [0.05, 0.1) is 25.8 Å². The summed E-state index contributed by atoms with van der Waals surface area (Å²) in [6, 6.07) is 11.7. The Balaban J connectivity index is 2.04. The first-order chi connectivity index (χ1) is 13.4. The largest absolute Gasteiger partial charge is 0.497 e. The quantitative estimate of drug-likeness (QED) is 0.742. The van der Waals surface area contributed by atoms with Crippen LogP contribution in [0.4, 0.5) is 10.5 Å². The van der Waals surface area contributed by atoms with Gasteiger partial charge in [0.15, 0.2) is 0 Å². The van der Waals surface area contributed by atoms with E-state index in [1.54, 1.807) is 32.2 Å². The minimum absolute atomic E-state index is 0.311. The van der Waals surface area contributed by atoms with Gasteiger partial charge in [-0.05, 0) is 43.7 Å². The van der Waals surface area contributed by atoms with Crippen LogP contribution in [0.15, 0.2) is 53.7 Å². The molecule has 7 nitrogen and oxygen atoms in total. The fourth-order valence-electron chi connectivity index (χ4n) is 3.20. The van der Waals surface area contributed by atoms with Crippen LogP contribution in [0.25, 0.3) is 0 Å². The standard InChI is InChI=1S/C21H23N3O4/c1-12-7-5-6-8-16(12)23-20(25)18-13(2)22-21(26)24-19(18)15-11-14(27-3)9-10-17(15)28-4/h5-11,19H,1-4H3,(H,23,25)(H2,22,24,26)/t19-/m1/s1. The number of amides is 3. The molecule has 0 saturated heterocycles. The second-order valence-electron chi connectivity index (χ2n) is 6.45. The van der Waals surface area contributed by atoms with Crippen molar-refractivity contribution in [3.8, 4) is 11.5 Å². The third-order valence-corrected chi connectivity index (χ3v) is 4.65. The number of allylic oxidation sites excluding steroid dienone is 1. The van der Waals surface area contributed by atoms with Crippen LogP contribution in [0, 0.1) is 6.92 Å². The highest BCUT2D eigenvalue weighted by molar-refractivity contribution is 6.07. The summed E-state index contributed by atoms with van der Waals surface area (Å²) in [5.74, 6) is 0.830. The Labute approximate surface area is 163 Å². The molecule has 2 aromatic rings. The second kappa shape index (κ2) is 8.04. The summed E-state index contributed by atoms with van der Waals surface area (Å²) >= 11 is 0. The maximum Gasteiger partial charge on any atom is 0.319 e. The molecule has 1 atom stereocenters. The number of carbonyl (C=O) groups is 2. The molecule has 7 heteroatoms. The molecule has 0 aliphatic carbocycles. The molecule has 0 unspecified atom stereocenters. The molecule has 0 spiro atoms. The predicted molar refractivity (Wildman–Crippen MR) is 106 cm³/mol. The summed E-state index contributed by atoms with van der Waals surface area (Å²) in [5, 5.41) is 8.42. The Morgan fingerprint density at radius 1 is 1.07 bits per heavy atom. The average molecular weight is 381 g/mol. The smallest absolute Gasteiger partial charge is 0.319 e. The summed E-state index contributed by atoms with van der Waals surface area (Å²) in [4.78, 5) is 25.3. The summed E-state index contributed by atoms with van der Waals surface area (Å²) in [6.07, 6.45) is 0. The Hall–Kier alpha value is -3.48.